The molecule has 0 aliphatic rings. The van der Waals surface area contributed by atoms with Crippen LogP contribution in [-0.2, 0) is 0 Å². The molecule has 0 aromatic rings. The summed E-state index contributed by atoms with van der Waals surface area (Å²) in [5.74, 6) is 1.23. The second kappa shape index (κ2) is 4.80. The largest absolute Gasteiger partial charge is 0.163 e. The Balaban J connectivity index is 3.62. The van der Waals surface area contributed by atoms with E-state index in [9.17, 15) is 0 Å². The van der Waals surface area contributed by atoms with E-state index in [4.69, 9.17) is 0 Å². The van der Waals surface area contributed by atoms with E-state index in [0.29, 0.717) is 4.08 Å². The first-order valence-electron chi connectivity index (χ1n) is 2.78. The maximum atomic E-state index is 2.29. The Morgan fingerprint density at radius 2 is 1.56 bits per heavy atom. The lowest BCUT2D eigenvalue weighted by atomic mass is 10.5. The van der Waals surface area contributed by atoms with Gasteiger partial charge in [0.05, 0.1) is 4.08 Å². The molecule has 0 heterocycles. The maximum Gasteiger partial charge on any atom is 0.0667 e. The van der Waals surface area contributed by atoms with Crippen molar-refractivity contribution in [2.45, 2.75) is 11.0 Å². The van der Waals surface area contributed by atoms with Crippen LogP contribution in [0.25, 0.3) is 0 Å². The fraction of sp³-hybridized carbons (Fsp3) is 1.00. The van der Waals surface area contributed by atoms with Crippen LogP contribution in [-0.4, -0.2) is 28.6 Å². The molecule has 0 nitrogen and oxygen atoms in total. The lowest BCUT2D eigenvalue weighted by Gasteiger charge is -2.23. The van der Waals surface area contributed by atoms with Crippen molar-refractivity contribution in [1.82, 2.24) is 0 Å². The van der Waals surface area contributed by atoms with Crippen molar-refractivity contribution in [1.29, 1.82) is 0 Å². The van der Waals surface area contributed by atoms with Gasteiger partial charge in [0.15, 0.2) is 0 Å². The van der Waals surface area contributed by atoms with Crippen LogP contribution >= 0.6 is 35.3 Å². The molecule has 0 aliphatic heterocycles. The summed E-state index contributed by atoms with van der Waals surface area (Å²) in [6.07, 6.45) is 6.50. The van der Waals surface area contributed by atoms with Gasteiger partial charge in [0, 0.05) is 5.75 Å². The van der Waals surface area contributed by atoms with Gasteiger partial charge in [-0.2, -0.15) is 11.8 Å². The van der Waals surface area contributed by atoms with Gasteiger partial charge in [0.25, 0.3) is 0 Å². The highest BCUT2D eigenvalue weighted by Crippen LogP contribution is 2.35. The smallest absolute Gasteiger partial charge is 0.0667 e. The fourth-order valence-corrected chi connectivity index (χ4v) is 3.30. The van der Waals surface area contributed by atoms with E-state index in [-0.39, 0.29) is 0 Å². The molecule has 3 heteroatoms. The van der Waals surface area contributed by atoms with Gasteiger partial charge in [-0.05, 0) is 25.7 Å². The SMILES string of the molecule is CSCC(C)(SC)SC. The zero-order valence-electron chi connectivity index (χ0n) is 6.43. The summed E-state index contributed by atoms with van der Waals surface area (Å²) in [5, 5.41) is 0. The number of rotatable bonds is 4. The highest BCUT2D eigenvalue weighted by molar-refractivity contribution is 8.18. The Morgan fingerprint density at radius 1 is 1.11 bits per heavy atom. The minimum Gasteiger partial charge on any atom is -0.163 e. The quantitative estimate of drug-likeness (QED) is 0.614. The van der Waals surface area contributed by atoms with E-state index in [1.54, 1.807) is 0 Å². The summed E-state index contributed by atoms with van der Waals surface area (Å²) >= 11 is 5.79. The van der Waals surface area contributed by atoms with Crippen LogP contribution in [0, 0.1) is 0 Å². The predicted octanol–water partition coefficient (Wildman–Crippen LogP) is 2.79. The lowest BCUT2D eigenvalue weighted by molar-refractivity contribution is 1.05. The molecule has 0 aromatic heterocycles. The average molecular weight is 182 g/mol. The molecule has 0 rings (SSSR count). The van der Waals surface area contributed by atoms with Crippen molar-refractivity contribution in [2.24, 2.45) is 0 Å². The molecule has 9 heavy (non-hydrogen) atoms. The van der Waals surface area contributed by atoms with E-state index in [1.165, 1.54) is 5.75 Å². The molecule has 0 amide bonds. The number of hydrogen-bond donors (Lipinski definition) is 0. The molecule has 0 bridgehead atoms. The first-order valence-corrected chi connectivity index (χ1v) is 6.62. The first kappa shape index (κ1) is 10.0. The van der Waals surface area contributed by atoms with Crippen molar-refractivity contribution in [3.63, 3.8) is 0 Å². The van der Waals surface area contributed by atoms with E-state index in [1.807, 2.05) is 35.3 Å². The second-order valence-electron chi connectivity index (χ2n) is 1.98. The predicted molar refractivity (Wildman–Crippen MR) is 53.8 cm³/mol. The summed E-state index contributed by atoms with van der Waals surface area (Å²) in [6, 6.07) is 0. The van der Waals surface area contributed by atoms with Gasteiger partial charge in [-0.25, -0.2) is 0 Å². The minimum absolute atomic E-state index is 0.430. The lowest BCUT2D eigenvalue weighted by Crippen LogP contribution is -2.16. The first-order chi connectivity index (χ1) is 4.18. The van der Waals surface area contributed by atoms with Crippen molar-refractivity contribution in [3.05, 3.63) is 0 Å². The number of thioether (sulfide) groups is 3. The molecule has 56 valence electrons. The summed E-state index contributed by atoms with van der Waals surface area (Å²) < 4.78 is 0.430. The highest BCUT2D eigenvalue weighted by atomic mass is 32.2. The molecule has 0 spiro atoms. The molecule has 0 saturated carbocycles. The van der Waals surface area contributed by atoms with Crippen molar-refractivity contribution >= 4 is 35.3 Å². The Hall–Kier alpha value is 1.05. The molecule has 0 atom stereocenters. The summed E-state index contributed by atoms with van der Waals surface area (Å²) in [6.45, 7) is 2.29. The Labute approximate surface area is 70.9 Å². The van der Waals surface area contributed by atoms with Gasteiger partial charge in [0.2, 0.25) is 0 Å². The van der Waals surface area contributed by atoms with Crippen LogP contribution in [0.4, 0.5) is 0 Å². The van der Waals surface area contributed by atoms with E-state index >= 15 is 0 Å². The monoisotopic (exact) mass is 182 g/mol. The van der Waals surface area contributed by atoms with E-state index in [2.05, 4.69) is 25.7 Å². The molecular weight excluding hydrogens is 168 g/mol. The third-order valence-electron chi connectivity index (χ3n) is 1.27. The van der Waals surface area contributed by atoms with Crippen LogP contribution in [0.1, 0.15) is 6.92 Å². The van der Waals surface area contributed by atoms with Gasteiger partial charge in [0.1, 0.15) is 0 Å². The summed E-state index contributed by atoms with van der Waals surface area (Å²) in [4.78, 5) is 0. The molecule has 0 radical (unpaired) electrons. The highest BCUT2D eigenvalue weighted by Gasteiger charge is 2.19. The van der Waals surface area contributed by atoms with Gasteiger partial charge >= 0.3 is 0 Å². The molecule has 0 unspecified atom stereocenters. The van der Waals surface area contributed by atoms with Crippen LogP contribution in [0.5, 0.6) is 0 Å². The molecule has 0 aliphatic carbocycles. The van der Waals surface area contributed by atoms with Gasteiger partial charge < -0.3 is 0 Å². The topological polar surface area (TPSA) is 0 Å². The Kier molecular flexibility index (Phi) is 5.36. The van der Waals surface area contributed by atoms with Crippen LogP contribution in [0.15, 0.2) is 0 Å². The van der Waals surface area contributed by atoms with Gasteiger partial charge in [-0.15, -0.1) is 23.5 Å². The molecule has 0 saturated heterocycles. The van der Waals surface area contributed by atoms with Crippen molar-refractivity contribution in [2.75, 3.05) is 24.5 Å². The zero-order chi connectivity index (χ0) is 7.33. The van der Waals surface area contributed by atoms with Gasteiger partial charge in [-0.3, -0.25) is 0 Å². The summed E-state index contributed by atoms with van der Waals surface area (Å²) in [5.41, 5.74) is 0. The standard InChI is InChI=1S/C6H14S3/c1-6(8-3,9-4)5-7-2/h5H2,1-4H3. The maximum absolute atomic E-state index is 2.29. The second-order valence-corrected chi connectivity index (χ2v) is 5.72. The van der Waals surface area contributed by atoms with Crippen LogP contribution < -0.4 is 0 Å². The molecule has 0 fully saturated rings. The minimum atomic E-state index is 0.430. The number of hydrogen-bond acceptors (Lipinski definition) is 3. The summed E-state index contributed by atoms with van der Waals surface area (Å²) in [7, 11) is 0. The van der Waals surface area contributed by atoms with Crippen molar-refractivity contribution < 1.29 is 0 Å². The molecular formula is C6H14S3. The van der Waals surface area contributed by atoms with E-state index in [0.717, 1.165) is 0 Å². The Bertz CT molecular complexity index is 68.7. The molecule has 0 aromatic carbocycles. The van der Waals surface area contributed by atoms with Gasteiger partial charge in [-0.1, -0.05) is 0 Å². The third-order valence-corrected chi connectivity index (χ3v) is 5.52. The average Bonchev–Trinajstić information content (AvgIpc) is 1.89. The zero-order valence-corrected chi connectivity index (χ0v) is 8.88. The molecule has 0 N–H and O–H groups in total. The normalized spacial score (nSPS) is 12.0. The fourth-order valence-electron chi connectivity index (χ4n) is 0.463. The van der Waals surface area contributed by atoms with Crippen LogP contribution in [0.2, 0.25) is 0 Å². The van der Waals surface area contributed by atoms with Crippen molar-refractivity contribution in [3.8, 4) is 0 Å². The Morgan fingerprint density at radius 3 is 1.67 bits per heavy atom. The third kappa shape index (κ3) is 3.68. The van der Waals surface area contributed by atoms with Crippen LogP contribution in [0.3, 0.4) is 0 Å². The van der Waals surface area contributed by atoms with E-state index < -0.39 is 0 Å².